The molecule has 76 valence electrons. The Bertz CT molecular complexity index is 543. The van der Waals surface area contributed by atoms with Crippen molar-refractivity contribution in [2.75, 3.05) is 0 Å². The Labute approximate surface area is 95.6 Å². The van der Waals surface area contributed by atoms with E-state index in [1.807, 2.05) is 23.6 Å². The third-order valence-electron chi connectivity index (χ3n) is 1.96. The molecule has 0 aromatic carbocycles. The molecule has 5 heteroatoms. The largest absolute Gasteiger partial charge is 0.389 e. The number of H-pyrrole nitrogens is 1. The van der Waals surface area contributed by atoms with E-state index in [9.17, 15) is 4.79 Å². The second kappa shape index (κ2) is 3.96. The second-order valence-electron chi connectivity index (χ2n) is 2.96. The summed E-state index contributed by atoms with van der Waals surface area (Å²) >= 11 is 6.32. The molecule has 0 amide bonds. The SMILES string of the molecule is NC(=S)c1ccc(-c2cccs2)[nH]c1=O. The van der Waals surface area contributed by atoms with E-state index in [0.29, 0.717) is 5.56 Å². The van der Waals surface area contributed by atoms with Crippen LogP contribution in [0.1, 0.15) is 5.56 Å². The highest BCUT2D eigenvalue weighted by Crippen LogP contribution is 2.21. The Hall–Kier alpha value is -1.46. The van der Waals surface area contributed by atoms with E-state index in [2.05, 4.69) is 4.98 Å². The molecule has 0 saturated heterocycles. The molecular formula is C10H8N2OS2. The minimum atomic E-state index is -0.242. The van der Waals surface area contributed by atoms with E-state index >= 15 is 0 Å². The van der Waals surface area contributed by atoms with Crippen LogP contribution in [0.5, 0.6) is 0 Å². The van der Waals surface area contributed by atoms with Crippen LogP contribution < -0.4 is 11.3 Å². The van der Waals surface area contributed by atoms with Gasteiger partial charge in [0.05, 0.1) is 16.1 Å². The summed E-state index contributed by atoms with van der Waals surface area (Å²) < 4.78 is 0. The molecular weight excluding hydrogens is 228 g/mol. The highest BCUT2D eigenvalue weighted by molar-refractivity contribution is 7.80. The molecule has 3 nitrogen and oxygen atoms in total. The monoisotopic (exact) mass is 236 g/mol. The summed E-state index contributed by atoms with van der Waals surface area (Å²) in [6.07, 6.45) is 0. The maximum atomic E-state index is 11.6. The molecule has 15 heavy (non-hydrogen) atoms. The van der Waals surface area contributed by atoms with Crippen molar-refractivity contribution in [2.45, 2.75) is 0 Å². The third-order valence-corrected chi connectivity index (χ3v) is 3.08. The number of hydrogen-bond donors (Lipinski definition) is 2. The molecule has 0 aliphatic heterocycles. The van der Waals surface area contributed by atoms with Gasteiger partial charge in [0.25, 0.3) is 5.56 Å². The van der Waals surface area contributed by atoms with Crippen LogP contribution in [-0.4, -0.2) is 9.97 Å². The van der Waals surface area contributed by atoms with Gasteiger partial charge in [-0.25, -0.2) is 0 Å². The van der Waals surface area contributed by atoms with Crippen molar-refractivity contribution in [3.05, 3.63) is 45.6 Å². The van der Waals surface area contributed by atoms with Gasteiger partial charge < -0.3 is 10.7 Å². The van der Waals surface area contributed by atoms with E-state index in [1.54, 1.807) is 17.4 Å². The van der Waals surface area contributed by atoms with Crippen molar-refractivity contribution >= 4 is 28.5 Å². The second-order valence-corrected chi connectivity index (χ2v) is 4.34. The van der Waals surface area contributed by atoms with Gasteiger partial charge in [-0.15, -0.1) is 11.3 Å². The molecule has 2 aromatic heterocycles. The molecule has 2 heterocycles. The molecule has 0 spiro atoms. The Morgan fingerprint density at radius 2 is 2.20 bits per heavy atom. The van der Waals surface area contributed by atoms with E-state index in [-0.39, 0.29) is 10.5 Å². The van der Waals surface area contributed by atoms with Crippen LogP contribution >= 0.6 is 23.6 Å². The average molecular weight is 236 g/mol. The van der Waals surface area contributed by atoms with Crippen molar-refractivity contribution in [1.82, 2.24) is 4.98 Å². The number of thiocarbonyl (C=S) groups is 1. The predicted molar refractivity (Wildman–Crippen MR) is 66.3 cm³/mol. The van der Waals surface area contributed by atoms with Gasteiger partial charge >= 0.3 is 0 Å². The molecule has 0 atom stereocenters. The minimum Gasteiger partial charge on any atom is -0.389 e. The van der Waals surface area contributed by atoms with Gasteiger partial charge in [-0.3, -0.25) is 4.79 Å². The lowest BCUT2D eigenvalue weighted by molar-refractivity contribution is 1.24. The first-order valence-corrected chi connectivity index (χ1v) is 5.54. The van der Waals surface area contributed by atoms with Crippen molar-refractivity contribution in [3.8, 4) is 10.6 Å². The first-order chi connectivity index (χ1) is 7.18. The molecule has 2 aromatic rings. The molecule has 0 unspecified atom stereocenters. The Morgan fingerprint density at radius 3 is 2.73 bits per heavy atom. The van der Waals surface area contributed by atoms with Gasteiger partial charge in [-0.1, -0.05) is 18.3 Å². The topological polar surface area (TPSA) is 58.9 Å². The number of rotatable bonds is 2. The van der Waals surface area contributed by atoms with E-state index in [0.717, 1.165) is 10.6 Å². The smallest absolute Gasteiger partial charge is 0.258 e. The van der Waals surface area contributed by atoms with Crippen LogP contribution in [0.3, 0.4) is 0 Å². The highest BCUT2D eigenvalue weighted by Gasteiger charge is 2.05. The van der Waals surface area contributed by atoms with Crippen molar-refractivity contribution in [3.63, 3.8) is 0 Å². The fourth-order valence-electron chi connectivity index (χ4n) is 1.24. The Balaban J connectivity index is 2.52. The van der Waals surface area contributed by atoms with Crippen LogP contribution in [-0.2, 0) is 0 Å². The molecule has 0 bridgehead atoms. The Kier molecular flexibility index (Phi) is 2.66. The standard InChI is InChI=1S/C10H8N2OS2/c11-9(14)6-3-4-7(12-10(6)13)8-2-1-5-15-8/h1-5H,(H2,11,14)(H,12,13). The summed E-state index contributed by atoms with van der Waals surface area (Å²) in [7, 11) is 0. The first-order valence-electron chi connectivity index (χ1n) is 4.25. The summed E-state index contributed by atoms with van der Waals surface area (Å²) in [4.78, 5) is 15.4. The van der Waals surface area contributed by atoms with Gasteiger partial charge in [0.2, 0.25) is 0 Å². The minimum absolute atomic E-state index is 0.119. The molecule has 0 aliphatic carbocycles. The van der Waals surface area contributed by atoms with Gasteiger partial charge in [-0.2, -0.15) is 0 Å². The van der Waals surface area contributed by atoms with Crippen LogP contribution in [0.15, 0.2) is 34.4 Å². The van der Waals surface area contributed by atoms with Crippen molar-refractivity contribution < 1.29 is 0 Å². The fourth-order valence-corrected chi connectivity index (χ4v) is 2.11. The first kappa shape index (κ1) is 10.1. The number of aromatic amines is 1. The summed E-state index contributed by atoms with van der Waals surface area (Å²) in [5.41, 5.74) is 6.29. The van der Waals surface area contributed by atoms with Gasteiger partial charge in [0, 0.05) is 0 Å². The van der Waals surface area contributed by atoms with Crippen molar-refractivity contribution in [1.29, 1.82) is 0 Å². The number of thiophene rings is 1. The highest BCUT2D eigenvalue weighted by atomic mass is 32.1. The number of nitrogens with one attached hydrogen (secondary N) is 1. The average Bonchev–Trinajstić information content (AvgIpc) is 2.69. The van der Waals surface area contributed by atoms with Crippen LogP contribution in [0.2, 0.25) is 0 Å². The quantitative estimate of drug-likeness (QED) is 0.781. The van der Waals surface area contributed by atoms with E-state index in [1.165, 1.54) is 0 Å². The lowest BCUT2D eigenvalue weighted by Crippen LogP contribution is -2.22. The fraction of sp³-hybridized carbons (Fsp3) is 0. The lowest BCUT2D eigenvalue weighted by Gasteiger charge is -2.00. The number of pyridine rings is 1. The maximum absolute atomic E-state index is 11.6. The maximum Gasteiger partial charge on any atom is 0.258 e. The summed E-state index contributed by atoms with van der Waals surface area (Å²) in [6, 6.07) is 7.33. The normalized spacial score (nSPS) is 10.1. The van der Waals surface area contributed by atoms with E-state index in [4.69, 9.17) is 18.0 Å². The van der Waals surface area contributed by atoms with Crippen LogP contribution in [0.25, 0.3) is 10.6 Å². The number of hydrogen-bond acceptors (Lipinski definition) is 3. The third kappa shape index (κ3) is 1.98. The molecule has 0 fully saturated rings. The summed E-state index contributed by atoms with van der Waals surface area (Å²) in [6.45, 7) is 0. The van der Waals surface area contributed by atoms with Gasteiger partial charge in [0.15, 0.2) is 0 Å². The molecule has 3 N–H and O–H groups in total. The lowest BCUT2D eigenvalue weighted by atomic mass is 10.2. The van der Waals surface area contributed by atoms with Gasteiger partial charge in [-0.05, 0) is 23.6 Å². The zero-order chi connectivity index (χ0) is 10.8. The zero-order valence-corrected chi connectivity index (χ0v) is 9.32. The number of nitrogens with two attached hydrogens (primary N) is 1. The summed E-state index contributed by atoms with van der Waals surface area (Å²) in [5, 5.41) is 1.95. The van der Waals surface area contributed by atoms with Crippen LogP contribution in [0, 0.1) is 0 Å². The number of aromatic nitrogens is 1. The Morgan fingerprint density at radius 1 is 1.40 bits per heavy atom. The predicted octanol–water partition coefficient (Wildman–Crippen LogP) is 1.74. The molecule has 0 aliphatic rings. The van der Waals surface area contributed by atoms with Gasteiger partial charge in [0.1, 0.15) is 4.99 Å². The van der Waals surface area contributed by atoms with Crippen LogP contribution in [0.4, 0.5) is 0 Å². The molecule has 0 radical (unpaired) electrons. The zero-order valence-electron chi connectivity index (χ0n) is 7.69. The molecule has 0 saturated carbocycles. The molecule has 2 rings (SSSR count). The van der Waals surface area contributed by atoms with E-state index < -0.39 is 0 Å². The van der Waals surface area contributed by atoms with Crippen molar-refractivity contribution in [2.24, 2.45) is 5.73 Å². The summed E-state index contributed by atoms with van der Waals surface area (Å²) in [5.74, 6) is 0.